The van der Waals surface area contributed by atoms with E-state index in [4.69, 9.17) is 10.5 Å². The van der Waals surface area contributed by atoms with Gasteiger partial charge in [0.2, 0.25) is 5.88 Å². The molecule has 1 aromatic carbocycles. The van der Waals surface area contributed by atoms with E-state index in [2.05, 4.69) is 37.9 Å². The Balaban J connectivity index is 2.18. The average molecular weight is 270 g/mol. The largest absolute Gasteiger partial charge is 0.439 e. The molecule has 0 aliphatic heterocycles. The molecule has 3 nitrogen and oxygen atoms in total. The maximum Gasteiger partial charge on any atom is 0.219 e. The molecule has 0 bridgehead atoms. The quantitative estimate of drug-likeness (QED) is 0.909. The summed E-state index contributed by atoms with van der Waals surface area (Å²) in [6.07, 6.45) is 1.76. The minimum Gasteiger partial charge on any atom is -0.439 e. The molecule has 1 aromatic heterocycles. The van der Waals surface area contributed by atoms with Gasteiger partial charge in [-0.25, -0.2) is 4.98 Å². The maximum atomic E-state index is 5.80. The Hall–Kier alpha value is -1.87. The molecule has 2 aromatic rings. The second kappa shape index (κ2) is 5.63. The van der Waals surface area contributed by atoms with Crippen LogP contribution in [0.25, 0.3) is 0 Å². The number of nitrogens with zero attached hydrogens (tertiary/aromatic N) is 1. The van der Waals surface area contributed by atoms with Crippen LogP contribution in [-0.4, -0.2) is 4.98 Å². The fourth-order valence-electron chi connectivity index (χ4n) is 1.87. The molecule has 0 aliphatic rings. The van der Waals surface area contributed by atoms with Crippen molar-refractivity contribution in [2.45, 2.75) is 39.2 Å². The average Bonchev–Trinajstić information content (AvgIpc) is 2.38. The van der Waals surface area contributed by atoms with Crippen molar-refractivity contribution < 1.29 is 4.74 Å². The molecule has 0 amide bonds. The predicted octanol–water partition coefficient (Wildman–Crippen LogP) is 4.19. The van der Waals surface area contributed by atoms with Crippen LogP contribution in [0.1, 0.15) is 44.9 Å². The first-order valence-corrected chi connectivity index (χ1v) is 6.86. The number of hydrogen-bond acceptors (Lipinski definition) is 3. The van der Waals surface area contributed by atoms with E-state index >= 15 is 0 Å². The van der Waals surface area contributed by atoms with Crippen LogP contribution in [0, 0.1) is 0 Å². The van der Waals surface area contributed by atoms with E-state index in [1.807, 2.05) is 31.2 Å². The van der Waals surface area contributed by atoms with Crippen LogP contribution in [0.2, 0.25) is 0 Å². The maximum absolute atomic E-state index is 5.80. The highest BCUT2D eigenvalue weighted by molar-refractivity contribution is 5.35. The van der Waals surface area contributed by atoms with E-state index in [1.165, 1.54) is 5.56 Å². The summed E-state index contributed by atoms with van der Waals surface area (Å²) < 4.78 is 5.80. The van der Waals surface area contributed by atoms with Crippen LogP contribution in [0.3, 0.4) is 0 Å². The second-order valence-corrected chi connectivity index (χ2v) is 6.10. The van der Waals surface area contributed by atoms with Crippen LogP contribution in [0.4, 0.5) is 0 Å². The Bertz CT molecular complexity index is 568. The molecule has 1 heterocycles. The lowest BCUT2D eigenvalue weighted by atomic mass is 9.87. The van der Waals surface area contributed by atoms with Crippen molar-refractivity contribution in [3.8, 4) is 11.6 Å². The van der Waals surface area contributed by atoms with Crippen LogP contribution in [0.5, 0.6) is 11.6 Å². The molecule has 0 fully saturated rings. The van der Waals surface area contributed by atoms with Crippen LogP contribution in [-0.2, 0) is 5.41 Å². The van der Waals surface area contributed by atoms with Gasteiger partial charge in [-0.2, -0.15) is 0 Å². The SMILES string of the molecule is C[C@H](N)c1ccc(Oc2cccc(C(C)(C)C)c2)nc1. The molecule has 20 heavy (non-hydrogen) atoms. The van der Waals surface area contributed by atoms with Gasteiger partial charge in [-0.15, -0.1) is 0 Å². The monoisotopic (exact) mass is 270 g/mol. The van der Waals surface area contributed by atoms with Crippen molar-refractivity contribution >= 4 is 0 Å². The zero-order valence-corrected chi connectivity index (χ0v) is 12.6. The van der Waals surface area contributed by atoms with Gasteiger partial charge in [-0.05, 0) is 35.6 Å². The highest BCUT2D eigenvalue weighted by Gasteiger charge is 2.14. The zero-order valence-electron chi connectivity index (χ0n) is 12.6. The van der Waals surface area contributed by atoms with E-state index in [0.29, 0.717) is 5.88 Å². The van der Waals surface area contributed by atoms with Gasteiger partial charge in [0.25, 0.3) is 0 Å². The Morgan fingerprint density at radius 2 is 1.90 bits per heavy atom. The van der Waals surface area contributed by atoms with E-state index in [1.54, 1.807) is 6.20 Å². The molecule has 2 rings (SSSR count). The molecule has 2 N–H and O–H groups in total. The fourth-order valence-corrected chi connectivity index (χ4v) is 1.87. The number of aromatic nitrogens is 1. The van der Waals surface area contributed by atoms with E-state index < -0.39 is 0 Å². The summed E-state index contributed by atoms with van der Waals surface area (Å²) in [5.74, 6) is 1.39. The highest BCUT2D eigenvalue weighted by atomic mass is 16.5. The smallest absolute Gasteiger partial charge is 0.219 e. The molecule has 0 spiro atoms. The number of hydrogen-bond donors (Lipinski definition) is 1. The molecule has 1 atom stereocenters. The first-order valence-electron chi connectivity index (χ1n) is 6.86. The summed E-state index contributed by atoms with van der Waals surface area (Å²) >= 11 is 0. The Labute approximate surface area is 120 Å². The Kier molecular flexibility index (Phi) is 4.09. The lowest BCUT2D eigenvalue weighted by molar-refractivity contribution is 0.459. The van der Waals surface area contributed by atoms with Gasteiger partial charge in [-0.3, -0.25) is 0 Å². The third kappa shape index (κ3) is 3.58. The van der Waals surface area contributed by atoms with Crippen molar-refractivity contribution in [3.63, 3.8) is 0 Å². The Morgan fingerprint density at radius 3 is 2.45 bits per heavy atom. The van der Waals surface area contributed by atoms with Crippen molar-refractivity contribution in [2.24, 2.45) is 5.73 Å². The summed E-state index contributed by atoms with van der Waals surface area (Å²) in [5, 5.41) is 0. The fraction of sp³-hybridized carbons (Fsp3) is 0.353. The third-order valence-corrected chi connectivity index (χ3v) is 3.21. The van der Waals surface area contributed by atoms with Gasteiger partial charge in [-0.1, -0.05) is 39.0 Å². The van der Waals surface area contributed by atoms with Gasteiger partial charge in [0.05, 0.1) is 0 Å². The van der Waals surface area contributed by atoms with Gasteiger partial charge in [0, 0.05) is 18.3 Å². The zero-order chi connectivity index (χ0) is 14.8. The van der Waals surface area contributed by atoms with E-state index in [9.17, 15) is 0 Å². The number of ether oxygens (including phenoxy) is 1. The lowest BCUT2D eigenvalue weighted by Gasteiger charge is -2.19. The predicted molar refractivity (Wildman–Crippen MR) is 82.1 cm³/mol. The second-order valence-electron chi connectivity index (χ2n) is 6.10. The topological polar surface area (TPSA) is 48.1 Å². The van der Waals surface area contributed by atoms with Crippen LogP contribution < -0.4 is 10.5 Å². The Morgan fingerprint density at radius 1 is 1.15 bits per heavy atom. The summed E-state index contributed by atoms with van der Waals surface area (Å²) in [7, 11) is 0. The molecule has 0 saturated heterocycles. The van der Waals surface area contributed by atoms with E-state index in [-0.39, 0.29) is 11.5 Å². The molecule has 0 radical (unpaired) electrons. The summed E-state index contributed by atoms with van der Waals surface area (Å²) in [6.45, 7) is 8.48. The highest BCUT2D eigenvalue weighted by Crippen LogP contribution is 2.27. The van der Waals surface area contributed by atoms with Crippen LogP contribution >= 0.6 is 0 Å². The summed E-state index contributed by atoms with van der Waals surface area (Å²) in [5.41, 5.74) is 8.14. The number of nitrogens with two attached hydrogens (primary N) is 1. The molecule has 106 valence electrons. The molecular formula is C17H22N2O. The van der Waals surface area contributed by atoms with Gasteiger partial charge < -0.3 is 10.5 Å². The van der Waals surface area contributed by atoms with Gasteiger partial charge >= 0.3 is 0 Å². The summed E-state index contributed by atoms with van der Waals surface area (Å²) in [6, 6.07) is 11.9. The molecule has 0 saturated carbocycles. The normalized spacial score (nSPS) is 13.1. The third-order valence-electron chi connectivity index (χ3n) is 3.21. The number of rotatable bonds is 3. The summed E-state index contributed by atoms with van der Waals surface area (Å²) in [4.78, 5) is 4.28. The van der Waals surface area contributed by atoms with Gasteiger partial charge in [0.1, 0.15) is 5.75 Å². The first-order chi connectivity index (χ1) is 9.36. The molecular weight excluding hydrogens is 248 g/mol. The number of benzene rings is 1. The first kappa shape index (κ1) is 14.5. The van der Waals surface area contributed by atoms with Crippen molar-refractivity contribution in [2.75, 3.05) is 0 Å². The number of pyridine rings is 1. The van der Waals surface area contributed by atoms with E-state index in [0.717, 1.165) is 11.3 Å². The minimum atomic E-state index is -0.0132. The standard InChI is InChI=1S/C17H22N2O/c1-12(18)13-8-9-16(19-11-13)20-15-7-5-6-14(10-15)17(2,3)4/h5-12H,18H2,1-4H3/t12-/m0/s1. The van der Waals surface area contributed by atoms with Crippen molar-refractivity contribution in [3.05, 3.63) is 53.7 Å². The van der Waals surface area contributed by atoms with Crippen LogP contribution in [0.15, 0.2) is 42.6 Å². The molecule has 0 unspecified atom stereocenters. The van der Waals surface area contributed by atoms with Crippen molar-refractivity contribution in [1.29, 1.82) is 0 Å². The molecule has 0 aliphatic carbocycles. The van der Waals surface area contributed by atoms with Crippen molar-refractivity contribution in [1.82, 2.24) is 4.98 Å². The minimum absolute atomic E-state index is 0.0132. The van der Waals surface area contributed by atoms with Gasteiger partial charge in [0.15, 0.2) is 0 Å². The molecule has 3 heteroatoms. The lowest BCUT2D eigenvalue weighted by Crippen LogP contribution is -2.10.